The van der Waals surface area contributed by atoms with Crippen LogP contribution in [0.4, 0.5) is 0 Å². The molecule has 5 heteroatoms. The van der Waals surface area contributed by atoms with Crippen LogP contribution in [0.5, 0.6) is 5.75 Å². The van der Waals surface area contributed by atoms with Gasteiger partial charge in [0, 0.05) is 0 Å². The van der Waals surface area contributed by atoms with Crippen molar-refractivity contribution in [3.63, 3.8) is 0 Å². The molecule has 0 aliphatic rings. The van der Waals surface area contributed by atoms with E-state index >= 15 is 0 Å². The molecule has 5 nitrogen and oxygen atoms in total. The standard InChI is InChI=1S/C10H10O5/c1-5-6(9(11)12)3-4-7(15-2)8(5)10(13)14/h3-4H,1-2H3,(H,11,12)(H,13,14). The van der Waals surface area contributed by atoms with Gasteiger partial charge in [0.05, 0.1) is 12.7 Å². The van der Waals surface area contributed by atoms with Crippen LogP contribution >= 0.6 is 0 Å². The molecule has 0 fully saturated rings. The zero-order valence-electron chi connectivity index (χ0n) is 8.27. The molecule has 0 bridgehead atoms. The highest BCUT2D eigenvalue weighted by atomic mass is 16.5. The molecule has 0 unspecified atom stereocenters. The van der Waals surface area contributed by atoms with Crippen LogP contribution < -0.4 is 4.74 Å². The summed E-state index contributed by atoms with van der Waals surface area (Å²) in [5.41, 5.74) is 0.0416. The molecule has 0 aromatic heterocycles. The minimum atomic E-state index is -1.20. The van der Waals surface area contributed by atoms with E-state index in [4.69, 9.17) is 14.9 Å². The number of carbonyl (C=O) groups is 2. The van der Waals surface area contributed by atoms with Crippen molar-refractivity contribution in [1.82, 2.24) is 0 Å². The van der Waals surface area contributed by atoms with Crippen LogP contribution in [-0.4, -0.2) is 29.3 Å². The third kappa shape index (κ3) is 1.90. The molecule has 1 aromatic carbocycles. The topological polar surface area (TPSA) is 83.8 Å². The average Bonchev–Trinajstić information content (AvgIpc) is 2.15. The van der Waals surface area contributed by atoms with Gasteiger partial charge in [0.2, 0.25) is 0 Å². The molecule has 1 rings (SSSR count). The number of carboxylic acids is 2. The molecular formula is C10H10O5. The summed E-state index contributed by atoms with van der Waals surface area (Å²) in [5, 5.41) is 17.7. The van der Waals surface area contributed by atoms with Gasteiger partial charge in [-0.3, -0.25) is 0 Å². The third-order valence-corrected chi connectivity index (χ3v) is 2.09. The Kier molecular flexibility index (Phi) is 2.94. The maximum atomic E-state index is 10.9. The first-order chi connectivity index (χ1) is 6.99. The van der Waals surface area contributed by atoms with Gasteiger partial charge >= 0.3 is 11.9 Å². The first-order valence-electron chi connectivity index (χ1n) is 4.13. The molecule has 1 aromatic rings. The monoisotopic (exact) mass is 210 g/mol. The number of aromatic carboxylic acids is 2. The van der Waals surface area contributed by atoms with E-state index in [0.29, 0.717) is 0 Å². The van der Waals surface area contributed by atoms with Crippen LogP contribution in [0.2, 0.25) is 0 Å². The summed E-state index contributed by atoms with van der Waals surface area (Å²) in [6.45, 7) is 1.44. The molecule has 0 atom stereocenters. The lowest BCUT2D eigenvalue weighted by atomic mass is 10.0. The summed E-state index contributed by atoms with van der Waals surface area (Å²) < 4.78 is 4.85. The van der Waals surface area contributed by atoms with Crippen molar-refractivity contribution in [3.8, 4) is 5.75 Å². The van der Waals surface area contributed by atoms with Gasteiger partial charge in [-0.1, -0.05) is 0 Å². The SMILES string of the molecule is COc1ccc(C(=O)O)c(C)c1C(=O)O. The molecule has 15 heavy (non-hydrogen) atoms. The highest BCUT2D eigenvalue weighted by Crippen LogP contribution is 2.24. The first-order valence-corrected chi connectivity index (χ1v) is 4.13. The Morgan fingerprint density at radius 1 is 1.20 bits per heavy atom. The molecule has 0 saturated heterocycles. The molecule has 0 amide bonds. The normalized spacial score (nSPS) is 9.73. The lowest BCUT2D eigenvalue weighted by molar-refractivity contribution is 0.0692. The van der Waals surface area contributed by atoms with Crippen LogP contribution in [0.3, 0.4) is 0 Å². The Balaban J connectivity index is 3.49. The van der Waals surface area contributed by atoms with Crippen molar-refractivity contribution in [3.05, 3.63) is 28.8 Å². The fourth-order valence-corrected chi connectivity index (χ4v) is 1.35. The zero-order chi connectivity index (χ0) is 11.6. The van der Waals surface area contributed by atoms with Crippen molar-refractivity contribution in [2.45, 2.75) is 6.92 Å². The van der Waals surface area contributed by atoms with Crippen molar-refractivity contribution in [2.24, 2.45) is 0 Å². The number of hydrogen-bond donors (Lipinski definition) is 2. The summed E-state index contributed by atoms with van der Waals surface area (Å²) in [5.74, 6) is -2.20. The van der Waals surface area contributed by atoms with Gasteiger partial charge in [-0.2, -0.15) is 0 Å². The van der Waals surface area contributed by atoms with Crippen LogP contribution in [0, 0.1) is 6.92 Å². The van der Waals surface area contributed by atoms with E-state index in [1.54, 1.807) is 0 Å². The Labute approximate surface area is 85.9 Å². The highest BCUT2D eigenvalue weighted by Gasteiger charge is 2.19. The number of ether oxygens (including phenoxy) is 1. The number of benzene rings is 1. The van der Waals surface area contributed by atoms with E-state index in [1.165, 1.54) is 26.2 Å². The predicted molar refractivity (Wildman–Crippen MR) is 51.6 cm³/mol. The largest absolute Gasteiger partial charge is 0.496 e. The maximum absolute atomic E-state index is 10.9. The summed E-state index contributed by atoms with van der Waals surface area (Å²) in [6, 6.07) is 2.66. The van der Waals surface area contributed by atoms with Crippen molar-refractivity contribution in [1.29, 1.82) is 0 Å². The number of hydrogen-bond acceptors (Lipinski definition) is 3. The Morgan fingerprint density at radius 3 is 2.20 bits per heavy atom. The summed E-state index contributed by atoms with van der Waals surface area (Å²) in [7, 11) is 1.33. The van der Waals surface area contributed by atoms with Crippen LogP contribution in [0.15, 0.2) is 12.1 Å². The minimum absolute atomic E-state index is 0.0341. The van der Waals surface area contributed by atoms with E-state index < -0.39 is 11.9 Å². The molecule has 0 heterocycles. The number of rotatable bonds is 3. The van der Waals surface area contributed by atoms with Gasteiger partial charge in [0.1, 0.15) is 11.3 Å². The average molecular weight is 210 g/mol. The van der Waals surface area contributed by atoms with Crippen molar-refractivity contribution in [2.75, 3.05) is 7.11 Å². The molecule has 0 aliphatic heterocycles. The quantitative estimate of drug-likeness (QED) is 0.787. The number of carboxylic acid groups (broad SMARTS) is 2. The minimum Gasteiger partial charge on any atom is -0.496 e. The second kappa shape index (κ2) is 4.00. The van der Waals surface area contributed by atoms with E-state index in [-0.39, 0.29) is 22.4 Å². The lowest BCUT2D eigenvalue weighted by Crippen LogP contribution is -2.09. The highest BCUT2D eigenvalue weighted by molar-refractivity contribution is 5.98. The molecule has 80 valence electrons. The fraction of sp³-hybridized carbons (Fsp3) is 0.200. The third-order valence-electron chi connectivity index (χ3n) is 2.09. The van der Waals surface area contributed by atoms with Gasteiger partial charge in [0.15, 0.2) is 0 Å². The first kappa shape index (κ1) is 11.0. The predicted octanol–water partition coefficient (Wildman–Crippen LogP) is 1.40. The summed E-state index contributed by atoms with van der Waals surface area (Å²) >= 11 is 0. The maximum Gasteiger partial charge on any atom is 0.339 e. The lowest BCUT2D eigenvalue weighted by Gasteiger charge is -2.09. The molecule has 2 N–H and O–H groups in total. The van der Waals surface area contributed by atoms with Gasteiger partial charge in [-0.25, -0.2) is 9.59 Å². The van der Waals surface area contributed by atoms with Gasteiger partial charge < -0.3 is 14.9 Å². The van der Waals surface area contributed by atoms with E-state index in [0.717, 1.165) is 0 Å². The summed E-state index contributed by atoms with van der Waals surface area (Å²) in [4.78, 5) is 21.7. The van der Waals surface area contributed by atoms with E-state index in [9.17, 15) is 9.59 Å². The second-order valence-electron chi connectivity index (χ2n) is 2.93. The Hall–Kier alpha value is -2.04. The fourth-order valence-electron chi connectivity index (χ4n) is 1.35. The smallest absolute Gasteiger partial charge is 0.339 e. The van der Waals surface area contributed by atoms with E-state index in [2.05, 4.69) is 0 Å². The van der Waals surface area contributed by atoms with Crippen molar-refractivity contribution >= 4 is 11.9 Å². The van der Waals surface area contributed by atoms with E-state index in [1.807, 2.05) is 0 Å². The Bertz CT molecular complexity index is 422. The van der Waals surface area contributed by atoms with Gasteiger partial charge in [0.25, 0.3) is 0 Å². The second-order valence-corrected chi connectivity index (χ2v) is 2.93. The molecule has 0 spiro atoms. The zero-order valence-corrected chi connectivity index (χ0v) is 8.27. The molecule has 0 aliphatic carbocycles. The molecular weight excluding hydrogens is 200 g/mol. The number of methoxy groups -OCH3 is 1. The van der Waals surface area contributed by atoms with Crippen LogP contribution in [-0.2, 0) is 0 Å². The van der Waals surface area contributed by atoms with Crippen LogP contribution in [0.25, 0.3) is 0 Å². The Morgan fingerprint density at radius 2 is 1.80 bits per heavy atom. The van der Waals surface area contributed by atoms with Crippen LogP contribution in [0.1, 0.15) is 26.3 Å². The molecule has 0 saturated carbocycles. The van der Waals surface area contributed by atoms with Crippen molar-refractivity contribution < 1.29 is 24.5 Å². The molecule has 0 radical (unpaired) electrons. The van der Waals surface area contributed by atoms with Gasteiger partial charge in [-0.15, -0.1) is 0 Å². The van der Waals surface area contributed by atoms with Gasteiger partial charge in [-0.05, 0) is 24.6 Å². The summed E-state index contributed by atoms with van der Waals surface area (Å²) in [6.07, 6.45) is 0.